The molecule has 1 aliphatic rings. The molecule has 2 heterocycles. The number of amides is 1. The average Bonchev–Trinajstić information content (AvgIpc) is 3.13. The molecule has 3 aromatic carbocycles. The van der Waals surface area contributed by atoms with Crippen molar-refractivity contribution < 1.29 is 18.7 Å². The van der Waals surface area contributed by atoms with Gasteiger partial charge in [-0.25, -0.2) is 9.78 Å². The van der Waals surface area contributed by atoms with Gasteiger partial charge in [-0.15, -0.1) is 0 Å². The number of carbonyl (C=O) groups is 1. The zero-order chi connectivity index (χ0) is 23.9. The third kappa shape index (κ3) is 3.92. The van der Waals surface area contributed by atoms with Gasteiger partial charge in [-0.2, -0.15) is 0 Å². The fourth-order valence-electron chi connectivity index (χ4n) is 4.15. The number of benzene rings is 3. The molecule has 6 nitrogen and oxygen atoms in total. The highest BCUT2D eigenvalue weighted by Gasteiger charge is 2.42. The molecular formula is C28H26N2O4. The van der Waals surface area contributed by atoms with Crippen molar-refractivity contribution >= 4 is 34.0 Å². The molecule has 0 N–H and O–H groups in total. The molecule has 34 heavy (non-hydrogen) atoms. The zero-order valence-electron chi connectivity index (χ0n) is 19.7. The van der Waals surface area contributed by atoms with Crippen LogP contribution in [0.3, 0.4) is 0 Å². The molecule has 0 atom stereocenters. The van der Waals surface area contributed by atoms with E-state index in [9.17, 15) is 4.79 Å². The first-order chi connectivity index (χ1) is 16.4. The lowest BCUT2D eigenvalue weighted by molar-refractivity contribution is 0.175. The standard InChI is InChI=1S/C28H26N2O4/c1-18-10-13-23-25(14-18)34-24-16-21(32-4)12-11-20(24)15-22(19-8-6-5-7-9-19)26(29-23)30-27(31)33-17-28(30,2)3/h5-16H,17H2,1-4H3. The highest BCUT2D eigenvalue weighted by Crippen LogP contribution is 2.37. The lowest BCUT2D eigenvalue weighted by Crippen LogP contribution is -2.42. The van der Waals surface area contributed by atoms with Gasteiger partial charge in [0.2, 0.25) is 0 Å². The molecule has 0 radical (unpaired) electrons. The van der Waals surface area contributed by atoms with Crippen molar-refractivity contribution in [1.82, 2.24) is 4.98 Å². The van der Waals surface area contributed by atoms with Gasteiger partial charge in [-0.3, -0.25) is 4.90 Å². The molecule has 0 aliphatic carbocycles. The Bertz CT molecular complexity index is 1460. The minimum Gasteiger partial charge on any atom is -0.497 e. The fourth-order valence-corrected chi connectivity index (χ4v) is 4.15. The van der Waals surface area contributed by atoms with E-state index in [0.29, 0.717) is 28.3 Å². The van der Waals surface area contributed by atoms with Gasteiger partial charge in [0.1, 0.15) is 29.3 Å². The first-order valence-corrected chi connectivity index (χ1v) is 11.2. The maximum atomic E-state index is 13.0. The summed E-state index contributed by atoms with van der Waals surface area (Å²) in [6.07, 6.45) is -0.422. The Morgan fingerprint density at radius 3 is 2.47 bits per heavy atom. The van der Waals surface area contributed by atoms with E-state index in [0.717, 1.165) is 22.1 Å². The number of rotatable bonds is 3. The smallest absolute Gasteiger partial charge is 0.416 e. The van der Waals surface area contributed by atoms with Gasteiger partial charge < -0.3 is 13.9 Å². The van der Waals surface area contributed by atoms with Crippen LogP contribution in [-0.2, 0) is 4.74 Å². The number of hydrogen-bond acceptors (Lipinski definition) is 5. The van der Waals surface area contributed by atoms with Gasteiger partial charge in [0, 0.05) is 17.0 Å². The van der Waals surface area contributed by atoms with Crippen LogP contribution in [0.4, 0.5) is 10.6 Å². The van der Waals surface area contributed by atoms with Crippen LogP contribution in [0, 0.1) is 6.92 Å². The van der Waals surface area contributed by atoms with E-state index >= 15 is 0 Å². The molecule has 4 aromatic rings. The summed E-state index contributed by atoms with van der Waals surface area (Å²) in [7, 11) is 1.63. The maximum Gasteiger partial charge on any atom is 0.416 e. The van der Waals surface area contributed by atoms with E-state index in [1.165, 1.54) is 0 Å². The fraction of sp³-hybridized carbons (Fsp3) is 0.214. The summed E-state index contributed by atoms with van der Waals surface area (Å²) >= 11 is 0. The molecule has 1 fully saturated rings. The van der Waals surface area contributed by atoms with Crippen molar-refractivity contribution in [2.45, 2.75) is 26.3 Å². The Morgan fingerprint density at radius 1 is 0.971 bits per heavy atom. The number of anilines is 1. The molecule has 1 amide bonds. The normalized spacial score (nSPS) is 14.8. The van der Waals surface area contributed by atoms with E-state index in [2.05, 4.69) is 0 Å². The van der Waals surface area contributed by atoms with Crippen LogP contribution in [0.25, 0.3) is 33.2 Å². The maximum absolute atomic E-state index is 13.0. The SMILES string of the molecule is COc1ccc2cc(-c3ccccc3)c(N3C(=O)OCC3(C)C)nc3ccc(C)cc3oc2c1. The molecule has 0 saturated carbocycles. The second-order valence-corrected chi connectivity index (χ2v) is 9.04. The Balaban J connectivity index is 2.00. The molecule has 1 saturated heterocycles. The molecule has 1 aliphatic heterocycles. The van der Waals surface area contributed by atoms with Crippen LogP contribution in [0.2, 0.25) is 0 Å². The number of nitrogens with zero attached hydrogens (tertiary/aromatic N) is 2. The molecule has 0 spiro atoms. The summed E-state index contributed by atoms with van der Waals surface area (Å²) in [5, 5.41) is 0.840. The third-order valence-electron chi connectivity index (χ3n) is 5.96. The van der Waals surface area contributed by atoms with Gasteiger partial charge in [-0.1, -0.05) is 36.4 Å². The van der Waals surface area contributed by atoms with Crippen LogP contribution < -0.4 is 9.64 Å². The summed E-state index contributed by atoms with van der Waals surface area (Å²) in [6, 6.07) is 23.5. The zero-order valence-corrected chi connectivity index (χ0v) is 19.7. The van der Waals surface area contributed by atoms with Gasteiger partial charge in [0.25, 0.3) is 0 Å². The van der Waals surface area contributed by atoms with E-state index in [4.69, 9.17) is 18.9 Å². The van der Waals surface area contributed by atoms with Crippen LogP contribution in [-0.4, -0.2) is 30.3 Å². The quantitative estimate of drug-likeness (QED) is 0.340. The number of cyclic esters (lactones) is 1. The van der Waals surface area contributed by atoms with E-state index in [-0.39, 0.29) is 6.61 Å². The number of hydrogen-bond donors (Lipinski definition) is 0. The van der Waals surface area contributed by atoms with Crippen molar-refractivity contribution in [1.29, 1.82) is 0 Å². The number of methoxy groups -OCH3 is 1. The largest absolute Gasteiger partial charge is 0.497 e. The van der Waals surface area contributed by atoms with Crippen molar-refractivity contribution in [2.75, 3.05) is 18.6 Å². The summed E-state index contributed by atoms with van der Waals surface area (Å²) in [5.41, 5.74) is 4.03. The Labute approximate surface area is 198 Å². The predicted molar refractivity (Wildman–Crippen MR) is 134 cm³/mol. The topological polar surface area (TPSA) is 64.8 Å². The van der Waals surface area contributed by atoms with Crippen molar-refractivity contribution in [3.05, 3.63) is 78.4 Å². The number of carbonyl (C=O) groups excluding carboxylic acids is 1. The van der Waals surface area contributed by atoms with Gasteiger partial charge in [0.05, 0.1) is 12.6 Å². The summed E-state index contributed by atoms with van der Waals surface area (Å²) in [6.45, 7) is 6.22. The molecule has 0 bridgehead atoms. The summed E-state index contributed by atoms with van der Waals surface area (Å²) < 4.78 is 17.3. The van der Waals surface area contributed by atoms with Gasteiger partial charge >= 0.3 is 6.09 Å². The minimum absolute atomic E-state index is 0.276. The lowest BCUT2D eigenvalue weighted by Gasteiger charge is -2.28. The highest BCUT2D eigenvalue weighted by molar-refractivity contribution is 5.97. The number of ether oxygens (including phenoxy) is 2. The van der Waals surface area contributed by atoms with E-state index in [1.807, 2.05) is 93.6 Å². The second-order valence-electron chi connectivity index (χ2n) is 9.04. The lowest BCUT2D eigenvalue weighted by atomic mass is 10.0. The Morgan fingerprint density at radius 2 is 1.76 bits per heavy atom. The molecule has 1 aromatic heterocycles. The number of aromatic nitrogens is 1. The molecular weight excluding hydrogens is 428 g/mol. The predicted octanol–water partition coefficient (Wildman–Crippen LogP) is 6.82. The molecule has 5 rings (SSSR count). The van der Waals surface area contributed by atoms with Crippen LogP contribution >= 0.6 is 0 Å². The minimum atomic E-state index is -0.577. The number of aryl methyl sites for hydroxylation is 1. The first kappa shape index (κ1) is 21.8. The monoisotopic (exact) mass is 454 g/mol. The van der Waals surface area contributed by atoms with Crippen LogP contribution in [0.1, 0.15) is 19.4 Å². The van der Waals surface area contributed by atoms with Crippen LogP contribution in [0.5, 0.6) is 5.75 Å². The van der Waals surface area contributed by atoms with Crippen molar-refractivity contribution in [3.8, 4) is 16.9 Å². The molecule has 172 valence electrons. The van der Waals surface area contributed by atoms with E-state index < -0.39 is 11.6 Å². The van der Waals surface area contributed by atoms with Crippen molar-refractivity contribution in [2.24, 2.45) is 0 Å². The second kappa shape index (κ2) is 8.37. The van der Waals surface area contributed by atoms with E-state index in [1.54, 1.807) is 12.0 Å². The van der Waals surface area contributed by atoms with Gasteiger partial charge in [-0.05, 0) is 62.2 Å². The van der Waals surface area contributed by atoms with Gasteiger partial charge in [0.15, 0.2) is 5.58 Å². The first-order valence-electron chi connectivity index (χ1n) is 11.2. The van der Waals surface area contributed by atoms with Crippen LogP contribution in [0.15, 0.2) is 77.2 Å². The number of fused-ring (bicyclic) bond motifs is 2. The summed E-state index contributed by atoms with van der Waals surface area (Å²) in [4.78, 5) is 19.7. The molecule has 0 unspecified atom stereocenters. The molecule has 6 heteroatoms. The highest BCUT2D eigenvalue weighted by atomic mass is 16.6. The Kier molecular flexibility index (Phi) is 5.36. The average molecular weight is 455 g/mol. The Hall–Kier alpha value is -4.06. The summed E-state index contributed by atoms with van der Waals surface area (Å²) in [5.74, 6) is 1.20. The van der Waals surface area contributed by atoms with Crippen molar-refractivity contribution in [3.63, 3.8) is 0 Å². The third-order valence-corrected chi connectivity index (χ3v) is 5.96.